The van der Waals surface area contributed by atoms with E-state index in [-0.39, 0.29) is 30.1 Å². The summed E-state index contributed by atoms with van der Waals surface area (Å²) in [5.41, 5.74) is 0.448. The van der Waals surface area contributed by atoms with Crippen LogP contribution in [-0.4, -0.2) is 18.3 Å². The first-order chi connectivity index (χ1) is 9.75. The van der Waals surface area contributed by atoms with E-state index < -0.39 is 0 Å². The van der Waals surface area contributed by atoms with Crippen molar-refractivity contribution in [1.82, 2.24) is 0 Å². The zero-order valence-electron chi connectivity index (χ0n) is 13.4. The van der Waals surface area contributed by atoms with Crippen LogP contribution >= 0.6 is 0 Å². The summed E-state index contributed by atoms with van der Waals surface area (Å²) in [7, 11) is -0.245. The Kier molecular flexibility index (Phi) is 4.59. The van der Waals surface area contributed by atoms with Crippen LogP contribution in [0.4, 0.5) is 4.39 Å². The van der Waals surface area contributed by atoms with Crippen LogP contribution in [0.5, 0.6) is 0 Å². The van der Waals surface area contributed by atoms with Crippen molar-refractivity contribution >= 4 is 7.12 Å². The normalized spacial score (nSPS) is 21.3. The molecule has 0 N–H and O–H groups in total. The van der Waals surface area contributed by atoms with Crippen LogP contribution in [0.1, 0.15) is 45.6 Å². The Balaban J connectivity index is 2.11. The molecule has 0 saturated carbocycles. The lowest BCUT2D eigenvalue weighted by Gasteiger charge is -2.32. The monoisotopic (exact) mass is 290 g/mol. The van der Waals surface area contributed by atoms with Gasteiger partial charge in [-0.3, -0.25) is 0 Å². The van der Waals surface area contributed by atoms with E-state index in [2.05, 4.69) is 6.58 Å². The number of hydrogen-bond acceptors (Lipinski definition) is 2. The second-order valence-electron chi connectivity index (χ2n) is 6.69. The summed E-state index contributed by atoms with van der Waals surface area (Å²) < 4.78 is 25.2. The molecule has 1 fully saturated rings. The summed E-state index contributed by atoms with van der Waals surface area (Å²) in [4.78, 5) is 0. The molecule has 1 aliphatic heterocycles. The molecule has 4 heteroatoms. The quantitative estimate of drug-likeness (QED) is 0.584. The molecule has 0 radical (unpaired) electrons. The second-order valence-corrected chi connectivity index (χ2v) is 6.69. The lowest BCUT2D eigenvalue weighted by atomic mass is 9.73. The van der Waals surface area contributed by atoms with Gasteiger partial charge in [-0.05, 0) is 64.1 Å². The maximum Gasteiger partial charge on any atom is 0.458 e. The Labute approximate surface area is 127 Å². The van der Waals surface area contributed by atoms with Gasteiger partial charge in [0.25, 0.3) is 0 Å². The highest BCUT2D eigenvalue weighted by atomic mass is 19.1. The minimum absolute atomic E-state index is 0.216. The van der Waals surface area contributed by atoms with Crippen LogP contribution in [0.2, 0.25) is 6.32 Å². The first kappa shape index (κ1) is 16.2. The fourth-order valence-corrected chi connectivity index (χ4v) is 2.60. The molecule has 0 spiro atoms. The van der Waals surface area contributed by atoms with E-state index in [1.807, 2.05) is 45.9 Å². The topological polar surface area (TPSA) is 18.5 Å². The Hall–Kier alpha value is -1.13. The molecule has 0 bridgehead atoms. The van der Waals surface area contributed by atoms with Crippen LogP contribution in [0.25, 0.3) is 0 Å². The van der Waals surface area contributed by atoms with Gasteiger partial charge < -0.3 is 9.31 Å². The Morgan fingerprint density at radius 3 is 2.14 bits per heavy atom. The molecule has 1 aliphatic rings. The maximum atomic E-state index is 13.1. The van der Waals surface area contributed by atoms with Gasteiger partial charge in [0.2, 0.25) is 0 Å². The average molecular weight is 290 g/mol. The van der Waals surface area contributed by atoms with E-state index in [0.29, 0.717) is 0 Å². The van der Waals surface area contributed by atoms with Gasteiger partial charge in [0.1, 0.15) is 5.82 Å². The molecule has 1 aromatic carbocycles. The number of halogens is 1. The highest BCUT2D eigenvalue weighted by molar-refractivity contribution is 6.45. The second kappa shape index (κ2) is 5.94. The van der Waals surface area contributed by atoms with Gasteiger partial charge in [0, 0.05) is 0 Å². The highest BCUT2D eigenvalue weighted by Gasteiger charge is 2.51. The smallest absolute Gasteiger partial charge is 0.403 e. The molecule has 2 rings (SSSR count). The minimum Gasteiger partial charge on any atom is -0.403 e. The van der Waals surface area contributed by atoms with Gasteiger partial charge in [0.15, 0.2) is 0 Å². The van der Waals surface area contributed by atoms with Crippen LogP contribution < -0.4 is 0 Å². The molecule has 1 heterocycles. The molecule has 1 atom stereocenters. The standard InChI is InChI=1S/C17H24BFO2/c1-6-7-14(13-8-10-15(19)11-9-13)12-18-20-16(2,3)17(4,5)21-18/h6,8-11,14H,1,7,12H2,2-5H3/t14-/m0/s1. The fourth-order valence-electron chi connectivity index (χ4n) is 2.60. The van der Waals surface area contributed by atoms with Crippen LogP contribution in [0.3, 0.4) is 0 Å². The van der Waals surface area contributed by atoms with Crippen molar-refractivity contribution in [2.45, 2.75) is 57.6 Å². The Morgan fingerprint density at radius 1 is 1.14 bits per heavy atom. The van der Waals surface area contributed by atoms with Crippen LogP contribution in [-0.2, 0) is 9.31 Å². The summed E-state index contributed by atoms with van der Waals surface area (Å²) in [5, 5.41) is 0. The van der Waals surface area contributed by atoms with Crippen molar-refractivity contribution in [3.8, 4) is 0 Å². The molecular weight excluding hydrogens is 266 g/mol. The van der Waals surface area contributed by atoms with Crippen LogP contribution in [0, 0.1) is 5.82 Å². The van der Waals surface area contributed by atoms with Gasteiger partial charge >= 0.3 is 7.12 Å². The molecule has 1 saturated heterocycles. The summed E-state index contributed by atoms with van der Waals surface area (Å²) in [6.45, 7) is 12.0. The first-order valence-corrected chi connectivity index (χ1v) is 7.47. The summed E-state index contributed by atoms with van der Waals surface area (Å²) in [6, 6.07) is 6.65. The lowest BCUT2D eigenvalue weighted by Crippen LogP contribution is -2.41. The fraction of sp³-hybridized carbons (Fsp3) is 0.529. The zero-order chi connectivity index (χ0) is 15.7. The van der Waals surface area contributed by atoms with Gasteiger partial charge in [-0.2, -0.15) is 0 Å². The third-order valence-electron chi connectivity index (χ3n) is 4.57. The molecule has 0 unspecified atom stereocenters. The third kappa shape index (κ3) is 3.56. The Morgan fingerprint density at radius 2 is 1.67 bits per heavy atom. The molecule has 2 nitrogen and oxygen atoms in total. The van der Waals surface area contributed by atoms with E-state index in [9.17, 15) is 4.39 Å². The SMILES string of the molecule is C=CC[C@@H](CB1OC(C)(C)C(C)(C)O1)c1ccc(F)cc1. The third-order valence-corrected chi connectivity index (χ3v) is 4.57. The largest absolute Gasteiger partial charge is 0.458 e. The molecule has 0 aromatic heterocycles. The molecule has 21 heavy (non-hydrogen) atoms. The average Bonchev–Trinajstić information content (AvgIpc) is 2.58. The van der Waals surface area contributed by atoms with Crippen LogP contribution in [0.15, 0.2) is 36.9 Å². The van der Waals surface area contributed by atoms with Gasteiger partial charge in [-0.25, -0.2) is 4.39 Å². The number of benzene rings is 1. The van der Waals surface area contributed by atoms with Crippen molar-refractivity contribution in [2.75, 3.05) is 0 Å². The number of rotatable bonds is 5. The number of hydrogen-bond donors (Lipinski definition) is 0. The molecule has 1 aromatic rings. The van der Waals surface area contributed by atoms with Gasteiger partial charge in [0.05, 0.1) is 11.2 Å². The van der Waals surface area contributed by atoms with E-state index >= 15 is 0 Å². The summed E-state index contributed by atoms with van der Waals surface area (Å²) in [6.07, 6.45) is 3.44. The predicted molar refractivity (Wildman–Crippen MR) is 84.8 cm³/mol. The van der Waals surface area contributed by atoms with E-state index in [1.165, 1.54) is 12.1 Å². The molecular formula is C17H24BFO2. The zero-order valence-corrected chi connectivity index (χ0v) is 13.4. The van der Waals surface area contributed by atoms with E-state index in [0.717, 1.165) is 18.3 Å². The van der Waals surface area contributed by atoms with Crippen molar-refractivity contribution < 1.29 is 13.7 Å². The number of allylic oxidation sites excluding steroid dienone is 1. The van der Waals surface area contributed by atoms with E-state index in [4.69, 9.17) is 9.31 Å². The van der Waals surface area contributed by atoms with Gasteiger partial charge in [-0.15, -0.1) is 6.58 Å². The van der Waals surface area contributed by atoms with Crippen molar-refractivity contribution in [3.05, 3.63) is 48.3 Å². The highest BCUT2D eigenvalue weighted by Crippen LogP contribution is 2.40. The van der Waals surface area contributed by atoms with Gasteiger partial charge in [-0.1, -0.05) is 18.2 Å². The minimum atomic E-state index is -0.320. The summed E-state index contributed by atoms with van der Waals surface area (Å²) in [5.74, 6) is 0.00420. The molecule has 0 amide bonds. The lowest BCUT2D eigenvalue weighted by molar-refractivity contribution is 0.00578. The van der Waals surface area contributed by atoms with Crippen molar-refractivity contribution in [2.24, 2.45) is 0 Å². The molecule has 0 aliphatic carbocycles. The Bertz CT molecular complexity index is 480. The summed E-state index contributed by atoms with van der Waals surface area (Å²) >= 11 is 0. The first-order valence-electron chi connectivity index (χ1n) is 7.47. The molecule has 114 valence electrons. The predicted octanol–water partition coefficient (Wildman–Crippen LogP) is 4.58. The van der Waals surface area contributed by atoms with Crippen molar-refractivity contribution in [3.63, 3.8) is 0 Å². The van der Waals surface area contributed by atoms with E-state index in [1.54, 1.807) is 0 Å². The maximum absolute atomic E-state index is 13.1. The van der Waals surface area contributed by atoms with Crippen molar-refractivity contribution in [1.29, 1.82) is 0 Å².